The van der Waals surface area contributed by atoms with Crippen LogP contribution >= 0.6 is 0 Å². The van der Waals surface area contributed by atoms with Crippen LogP contribution in [0.2, 0.25) is 0 Å². The van der Waals surface area contributed by atoms with Crippen molar-refractivity contribution in [1.29, 1.82) is 0 Å². The number of rotatable bonds is 3. The fourth-order valence-electron chi connectivity index (χ4n) is 1.17. The van der Waals surface area contributed by atoms with E-state index in [2.05, 4.69) is 22.2 Å². The van der Waals surface area contributed by atoms with E-state index in [1.165, 1.54) is 13.0 Å². The van der Waals surface area contributed by atoms with Gasteiger partial charge in [0.2, 0.25) is 12.0 Å². The van der Waals surface area contributed by atoms with Gasteiger partial charge >= 0.3 is 0 Å². The van der Waals surface area contributed by atoms with Crippen molar-refractivity contribution in [2.24, 2.45) is 4.99 Å². The zero-order valence-corrected chi connectivity index (χ0v) is 9.49. The Labute approximate surface area is 99.8 Å². The third kappa shape index (κ3) is 5.31. The van der Waals surface area contributed by atoms with Gasteiger partial charge in [-0.1, -0.05) is 17.9 Å². The molecule has 0 saturated carbocycles. The summed E-state index contributed by atoms with van der Waals surface area (Å²) in [6.45, 7) is 2.00. The number of nitrogens with one attached hydrogen (secondary N) is 1. The van der Waals surface area contributed by atoms with Crippen molar-refractivity contribution in [2.45, 2.75) is 13.3 Å². The van der Waals surface area contributed by atoms with Gasteiger partial charge in [0.1, 0.15) is 0 Å². The van der Waals surface area contributed by atoms with Crippen LogP contribution in [0.4, 0.5) is 5.69 Å². The summed E-state index contributed by atoms with van der Waals surface area (Å²) in [5.74, 6) is 5.79. The number of benzene rings is 1. The van der Waals surface area contributed by atoms with E-state index in [0.717, 1.165) is 5.56 Å². The number of nitrogens with zero attached hydrogens (tertiary/aromatic N) is 1. The van der Waals surface area contributed by atoms with Crippen LogP contribution in [0.25, 0.3) is 0 Å². The second-order valence-electron chi connectivity index (χ2n) is 3.29. The maximum Gasteiger partial charge on any atom is 0.240 e. The van der Waals surface area contributed by atoms with Crippen LogP contribution in [0, 0.1) is 11.8 Å². The molecule has 4 nitrogen and oxygen atoms in total. The zero-order chi connectivity index (χ0) is 12.5. The number of carbonyl (C=O) groups excluding carboxylic acids is 2. The molecule has 0 aliphatic carbocycles. The van der Waals surface area contributed by atoms with E-state index in [1.807, 2.05) is 6.07 Å². The lowest BCUT2D eigenvalue weighted by atomic mass is 10.2. The smallest absolute Gasteiger partial charge is 0.240 e. The summed E-state index contributed by atoms with van der Waals surface area (Å²) in [6.07, 6.45) is 2.06. The lowest BCUT2D eigenvalue weighted by molar-refractivity contribution is -0.118. The molecule has 1 rings (SSSR count). The first kappa shape index (κ1) is 12.7. The number of carbonyl (C=O) groups is 1. The van der Waals surface area contributed by atoms with Gasteiger partial charge in [-0.25, -0.2) is 4.79 Å². The van der Waals surface area contributed by atoms with E-state index < -0.39 is 0 Å². The minimum absolute atomic E-state index is 0.0610. The quantitative estimate of drug-likeness (QED) is 0.369. The summed E-state index contributed by atoms with van der Waals surface area (Å²) < 4.78 is 0. The lowest BCUT2D eigenvalue weighted by Crippen LogP contribution is -2.20. The molecule has 4 heteroatoms. The topological polar surface area (TPSA) is 58.5 Å². The van der Waals surface area contributed by atoms with Crippen LogP contribution in [-0.2, 0) is 9.59 Å². The average Bonchev–Trinajstić information content (AvgIpc) is 2.29. The Bertz CT molecular complexity index is 506. The molecule has 1 aromatic carbocycles. The summed E-state index contributed by atoms with van der Waals surface area (Å²) in [7, 11) is 0. The van der Waals surface area contributed by atoms with Crippen LogP contribution in [0.1, 0.15) is 18.9 Å². The van der Waals surface area contributed by atoms with Gasteiger partial charge in [-0.2, -0.15) is 4.99 Å². The fourth-order valence-corrected chi connectivity index (χ4v) is 1.17. The molecule has 0 radical (unpaired) electrons. The molecule has 0 fully saturated rings. The van der Waals surface area contributed by atoms with Crippen LogP contribution in [-0.4, -0.2) is 18.5 Å². The van der Waals surface area contributed by atoms with Crippen molar-refractivity contribution >= 4 is 17.7 Å². The highest BCUT2D eigenvalue weighted by Gasteiger charge is 1.90. The van der Waals surface area contributed by atoms with Crippen LogP contribution in [0.5, 0.6) is 0 Å². The molecule has 0 atom stereocenters. The standard InChI is InChI=1S/C13H12N2O2/c1-11(17)14-8-3-2-5-12-6-4-7-13(9-12)15-10-16/h4,6-7,9H,3,8H2,1H3,(H,14,17). The van der Waals surface area contributed by atoms with Crippen molar-refractivity contribution in [2.75, 3.05) is 6.54 Å². The molecule has 0 bridgehead atoms. The van der Waals surface area contributed by atoms with Crippen LogP contribution < -0.4 is 5.32 Å². The molecule has 17 heavy (non-hydrogen) atoms. The summed E-state index contributed by atoms with van der Waals surface area (Å²) in [5, 5.41) is 2.65. The van der Waals surface area contributed by atoms with E-state index >= 15 is 0 Å². The molecule has 0 unspecified atom stereocenters. The highest BCUT2D eigenvalue weighted by atomic mass is 16.1. The molecule has 0 aromatic heterocycles. The fraction of sp³-hybridized carbons (Fsp3) is 0.231. The first-order chi connectivity index (χ1) is 8.22. The molecule has 1 N–H and O–H groups in total. The number of amides is 1. The minimum Gasteiger partial charge on any atom is -0.355 e. The predicted molar refractivity (Wildman–Crippen MR) is 64.4 cm³/mol. The largest absolute Gasteiger partial charge is 0.355 e. The van der Waals surface area contributed by atoms with Crippen molar-refractivity contribution in [3.63, 3.8) is 0 Å². The lowest BCUT2D eigenvalue weighted by Gasteiger charge is -1.95. The average molecular weight is 228 g/mol. The SMILES string of the molecule is CC(=O)NCCC#Cc1cccc(N=C=O)c1. The van der Waals surface area contributed by atoms with Gasteiger partial charge in [-0.05, 0) is 18.2 Å². The molecule has 0 spiro atoms. The third-order valence-electron chi connectivity index (χ3n) is 1.88. The normalized spacial score (nSPS) is 8.53. The van der Waals surface area contributed by atoms with Gasteiger partial charge < -0.3 is 5.32 Å². The number of aliphatic imine (C=N–C) groups is 1. The van der Waals surface area contributed by atoms with Gasteiger partial charge in [-0.3, -0.25) is 4.79 Å². The first-order valence-electron chi connectivity index (χ1n) is 5.13. The number of hydrogen-bond acceptors (Lipinski definition) is 3. The monoisotopic (exact) mass is 228 g/mol. The Kier molecular flexibility index (Phi) is 5.23. The van der Waals surface area contributed by atoms with E-state index in [9.17, 15) is 9.59 Å². The second kappa shape index (κ2) is 7.00. The van der Waals surface area contributed by atoms with E-state index in [4.69, 9.17) is 0 Å². The van der Waals surface area contributed by atoms with Gasteiger partial charge in [0.15, 0.2) is 0 Å². The predicted octanol–water partition coefficient (Wildman–Crippen LogP) is 1.53. The van der Waals surface area contributed by atoms with E-state index in [1.54, 1.807) is 18.2 Å². The zero-order valence-electron chi connectivity index (χ0n) is 9.49. The highest BCUT2D eigenvalue weighted by molar-refractivity contribution is 5.72. The third-order valence-corrected chi connectivity index (χ3v) is 1.88. The number of isocyanates is 1. The Morgan fingerprint density at radius 2 is 2.29 bits per heavy atom. The van der Waals surface area contributed by atoms with Crippen molar-refractivity contribution < 1.29 is 9.59 Å². The van der Waals surface area contributed by atoms with Crippen molar-refractivity contribution in [3.8, 4) is 11.8 Å². The van der Waals surface area contributed by atoms with E-state index in [0.29, 0.717) is 18.7 Å². The first-order valence-corrected chi connectivity index (χ1v) is 5.13. The highest BCUT2D eigenvalue weighted by Crippen LogP contribution is 2.12. The minimum atomic E-state index is -0.0610. The molecule has 0 aliphatic heterocycles. The van der Waals surface area contributed by atoms with Gasteiger partial charge in [0.05, 0.1) is 5.69 Å². The Morgan fingerprint density at radius 1 is 1.47 bits per heavy atom. The summed E-state index contributed by atoms with van der Waals surface area (Å²) >= 11 is 0. The maximum atomic E-state index is 10.6. The molecule has 1 amide bonds. The molecular weight excluding hydrogens is 216 g/mol. The Balaban J connectivity index is 2.56. The molecule has 0 saturated heterocycles. The van der Waals surface area contributed by atoms with E-state index in [-0.39, 0.29) is 5.91 Å². The summed E-state index contributed by atoms with van der Waals surface area (Å²) in [4.78, 5) is 24.2. The second-order valence-corrected chi connectivity index (χ2v) is 3.29. The van der Waals surface area contributed by atoms with Gasteiger partial charge in [-0.15, -0.1) is 0 Å². The summed E-state index contributed by atoms with van der Waals surface area (Å²) in [5.41, 5.74) is 1.32. The molecule has 0 aliphatic rings. The van der Waals surface area contributed by atoms with Crippen molar-refractivity contribution in [1.82, 2.24) is 5.32 Å². The molecular formula is C13H12N2O2. The molecule has 86 valence electrons. The number of hydrogen-bond donors (Lipinski definition) is 1. The van der Waals surface area contributed by atoms with Gasteiger partial charge in [0, 0.05) is 25.5 Å². The molecule has 1 aromatic rings. The maximum absolute atomic E-state index is 10.6. The molecule has 0 heterocycles. The van der Waals surface area contributed by atoms with Crippen LogP contribution in [0.15, 0.2) is 29.3 Å². The van der Waals surface area contributed by atoms with Gasteiger partial charge in [0.25, 0.3) is 0 Å². The van der Waals surface area contributed by atoms with Crippen LogP contribution in [0.3, 0.4) is 0 Å². The van der Waals surface area contributed by atoms with Crippen molar-refractivity contribution in [3.05, 3.63) is 29.8 Å². The summed E-state index contributed by atoms with van der Waals surface area (Å²) in [6, 6.07) is 7.01. The Morgan fingerprint density at radius 3 is 3.00 bits per heavy atom. The Hall–Kier alpha value is -2.37.